The van der Waals surface area contributed by atoms with Crippen LogP contribution in [0.5, 0.6) is 11.5 Å². The number of fused-ring (bicyclic) bond motifs is 1. The van der Waals surface area contributed by atoms with E-state index >= 15 is 0 Å². The molecule has 1 saturated carbocycles. The average Bonchev–Trinajstić information content (AvgIpc) is 3.33. The number of amides is 1. The molecule has 0 radical (unpaired) electrons. The van der Waals surface area contributed by atoms with E-state index in [1.54, 1.807) is 18.2 Å². The molecule has 2 heterocycles. The molecule has 0 atom stereocenters. The van der Waals surface area contributed by atoms with E-state index < -0.39 is 5.79 Å². The molecule has 0 saturated heterocycles. The summed E-state index contributed by atoms with van der Waals surface area (Å²) in [6, 6.07) is 9.04. The lowest BCUT2D eigenvalue weighted by Gasteiger charge is -2.21. The van der Waals surface area contributed by atoms with Gasteiger partial charge in [0.25, 0.3) is 5.79 Å². The first kappa shape index (κ1) is 16.1. The number of thiophene rings is 1. The van der Waals surface area contributed by atoms with Crippen LogP contribution in [0.15, 0.2) is 35.7 Å². The standard InChI is InChI=1S/C19H19NO4S/c21-14(17-4-3-11-25-17)6-8-18(22)20-13-5-7-15-16(12-13)24-19(23-15)9-1-2-10-19/h3-5,7,11-12H,1-2,6,8-10H2,(H,20,22). The Bertz CT molecular complexity index is 794. The summed E-state index contributed by atoms with van der Waals surface area (Å²) in [6.07, 6.45) is 4.38. The Morgan fingerprint density at radius 3 is 2.64 bits per heavy atom. The third kappa shape index (κ3) is 3.39. The van der Waals surface area contributed by atoms with Gasteiger partial charge in [-0.05, 0) is 36.4 Å². The Morgan fingerprint density at radius 2 is 1.88 bits per heavy atom. The number of ether oxygens (including phenoxy) is 2. The van der Waals surface area contributed by atoms with Gasteiger partial charge >= 0.3 is 0 Å². The van der Waals surface area contributed by atoms with E-state index in [-0.39, 0.29) is 24.5 Å². The van der Waals surface area contributed by atoms with E-state index in [0.29, 0.717) is 16.3 Å². The van der Waals surface area contributed by atoms with Crippen LogP contribution in [-0.2, 0) is 4.79 Å². The maximum Gasteiger partial charge on any atom is 0.251 e. The maximum absolute atomic E-state index is 12.1. The number of benzene rings is 1. The highest BCUT2D eigenvalue weighted by Gasteiger charge is 2.44. The molecule has 6 heteroatoms. The minimum atomic E-state index is -0.502. The third-order valence-electron chi connectivity index (χ3n) is 4.56. The van der Waals surface area contributed by atoms with Crippen molar-refractivity contribution in [2.75, 3.05) is 5.32 Å². The van der Waals surface area contributed by atoms with Crippen LogP contribution in [0.4, 0.5) is 5.69 Å². The molecule has 1 spiro atoms. The molecule has 1 aliphatic heterocycles. The smallest absolute Gasteiger partial charge is 0.251 e. The molecular formula is C19H19NO4S. The third-order valence-corrected chi connectivity index (χ3v) is 5.47. The number of ketones is 1. The van der Waals surface area contributed by atoms with Crippen molar-refractivity contribution in [3.63, 3.8) is 0 Å². The van der Waals surface area contributed by atoms with Crippen LogP contribution < -0.4 is 14.8 Å². The maximum atomic E-state index is 12.1. The monoisotopic (exact) mass is 357 g/mol. The lowest BCUT2D eigenvalue weighted by atomic mass is 10.2. The van der Waals surface area contributed by atoms with E-state index in [2.05, 4.69) is 5.32 Å². The van der Waals surface area contributed by atoms with Gasteiger partial charge in [0.15, 0.2) is 17.3 Å². The molecule has 5 nitrogen and oxygen atoms in total. The fraction of sp³-hybridized carbons (Fsp3) is 0.368. The van der Waals surface area contributed by atoms with Gasteiger partial charge in [-0.2, -0.15) is 0 Å². The molecule has 1 fully saturated rings. The van der Waals surface area contributed by atoms with Gasteiger partial charge in [0.2, 0.25) is 5.91 Å². The molecule has 2 aromatic rings. The number of hydrogen-bond acceptors (Lipinski definition) is 5. The van der Waals surface area contributed by atoms with Crippen LogP contribution in [-0.4, -0.2) is 17.5 Å². The fourth-order valence-electron chi connectivity index (χ4n) is 3.30. The number of rotatable bonds is 5. The summed E-state index contributed by atoms with van der Waals surface area (Å²) in [5.41, 5.74) is 0.658. The lowest BCUT2D eigenvalue weighted by molar-refractivity contribution is -0.116. The zero-order valence-electron chi connectivity index (χ0n) is 13.7. The second-order valence-electron chi connectivity index (χ2n) is 6.43. The molecule has 0 unspecified atom stereocenters. The molecule has 1 N–H and O–H groups in total. The van der Waals surface area contributed by atoms with Crippen molar-refractivity contribution in [3.8, 4) is 11.5 Å². The van der Waals surface area contributed by atoms with Crippen LogP contribution in [0.2, 0.25) is 0 Å². The highest BCUT2D eigenvalue weighted by molar-refractivity contribution is 7.12. The summed E-state index contributed by atoms with van der Waals surface area (Å²) < 4.78 is 12.0. The Hall–Kier alpha value is -2.34. The van der Waals surface area contributed by atoms with Gasteiger partial charge < -0.3 is 14.8 Å². The molecule has 1 aliphatic carbocycles. The average molecular weight is 357 g/mol. The quantitative estimate of drug-likeness (QED) is 0.806. The fourth-order valence-corrected chi connectivity index (χ4v) is 3.99. The van der Waals surface area contributed by atoms with Crippen molar-refractivity contribution >= 4 is 28.7 Å². The summed E-state index contributed by atoms with van der Waals surface area (Å²) in [6.45, 7) is 0. The van der Waals surface area contributed by atoms with E-state index in [0.717, 1.165) is 31.4 Å². The Morgan fingerprint density at radius 1 is 1.08 bits per heavy atom. The Kier molecular flexibility index (Phi) is 4.21. The zero-order valence-corrected chi connectivity index (χ0v) is 14.6. The highest BCUT2D eigenvalue weighted by Crippen LogP contribution is 2.47. The molecule has 130 valence electrons. The number of carbonyl (C=O) groups is 2. The minimum Gasteiger partial charge on any atom is -0.448 e. The summed E-state index contributed by atoms with van der Waals surface area (Å²) in [7, 11) is 0. The van der Waals surface area contributed by atoms with Gasteiger partial charge in [0, 0.05) is 37.4 Å². The molecule has 1 aromatic carbocycles. The first-order valence-electron chi connectivity index (χ1n) is 8.52. The predicted octanol–water partition coefficient (Wildman–Crippen LogP) is 4.39. The second kappa shape index (κ2) is 6.52. The molecule has 1 amide bonds. The predicted molar refractivity (Wildman–Crippen MR) is 95.4 cm³/mol. The number of nitrogens with one attached hydrogen (secondary N) is 1. The summed E-state index contributed by atoms with van der Waals surface area (Å²) in [5.74, 6) is 0.721. The van der Waals surface area contributed by atoms with Crippen molar-refractivity contribution in [3.05, 3.63) is 40.6 Å². The second-order valence-corrected chi connectivity index (χ2v) is 7.38. The molecule has 1 aromatic heterocycles. The largest absolute Gasteiger partial charge is 0.448 e. The van der Waals surface area contributed by atoms with Gasteiger partial charge in [-0.25, -0.2) is 0 Å². The van der Waals surface area contributed by atoms with E-state index in [9.17, 15) is 9.59 Å². The van der Waals surface area contributed by atoms with Crippen LogP contribution >= 0.6 is 11.3 Å². The van der Waals surface area contributed by atoms with Crippen LogP contribution in [0.1, 0.15) is 48.2 Å². The van der Waals surface area contributed by atoms with E-state index in [1.165, 1.54) is 11.3 Å². The van der Waals surface area contributed by atoms with Gasteiger partial charge in [-0.15, -0.1) is 11.3 Å². The van der Waals surface area contributed by atoms with Gasteiger partial charge in [0.05, 0.1) is 4.88 Å². The number of hydrogen-bond donors (Lipinski definition) is 1. The van der Waals surface area contributed by atoms with Crippen molar-refractivity contribution in [2.24, 2.45) is 0 Å². The Balaban J connectivity index is 1.34. The summed E-state index contributed by atoms with van der Waals surface area (Å²) >= 11 is 1.40. The molecule has 0 bridgehead atoms. The number of anilines is 1. The van der Waals surface area contributed by atoms with E-state index in [1.807, 2.05) is 17.5 Å². The van der Waals surface area contributed by atoms with Gasteiger partial charge in [-0.1, -0.05) is 6.07 Å². The molecule has 25 heavy (non-hydrogen) atoms. The minimum absolute atomic E-state index is 0.000915. The van der Waals surface area contributed by atoms with Crippen LogP contribution in [0.25, 0.3) is 0 Å². The van der Waals surface area contributed by atoms with E-state index in [4.69, 9.17) is 9.47 Å². The van der Waals surface area contributed by atoms with Gasteiger partial charge in [0.1, 0.15) is 0 Å². The first-order valence-corrected chi connectivity index (χ1v) is 9.40. The number of carbonyl (C=O) groups excluding carboxylic acids is 2. The summed E-state index contributed by atoms with van der Waals surface area (Å²) in [5, 5.41) is 4.69. The lowest BCUT2D eigenvalue weighted by Crippen LogP contribution is -2.34. The first-order chi connectivity index (χ1) is 12.1. The van der Waals surface area contributed by atoms with Crippen molar-refractivity contribution in [1.82, 2.24) is 0 Å². The van der Waals surface area contributed by atoms with Crippen LogP contribution in [0, 0.1) is 0 Å². The molecule has 2 aliphatic rings. The molecular weight excluding hydrogens is 338 g/mol. The highest BCUT2D eigenvalue weighted by atomic mass is 32.1. The topological polar surface area (TPSA) is 64.6 Å². The van der Waals surface area contributed by atoms with Crippen molar-refractivity contribution in [2.45, 2.75) is 44.3 Å². The summed E-state index contributed by atoms with van der Waals surface area (Å²) in [4.78, 5) is 24.8. The zero-order chi connectivity index (χ0) is 17.3. The van der Waals surface area contributed by atoms with Gasteiger partial charge in [-0.3, -0.25) is 9.59 Å². The van der Waals surface area contributed by atoms with Crippen LogP contribution in [0.3, 0.4) is 0 Å². The normalized spacial score (nSPS) is 17.0. The van der Waals surface area contributed by atoms with Crippen molar-refractivity contribution in [1.29, 1.82) is 0 Å². The SMILES string of the molecule is O=C(CCC(=O)c1cccs1)Nc1ccc2c(c1)OC1(CCCC1)O2. The molecule has 4 rings (SSSR count). The van der Waals surface area contributed by atoms with Crippen molar-refractivity contribution < 1.29 is 19.1 Å². The Labute approximate surface area is 150 Å². The number of Topliss-reactive ketones (excluding diaryl/α,β-unsaturated/α-hetero) is 1.